The first-order valence-corrected chi connectivity index (χ1v) is 11.8. The number of ether oxygens (including phenoxy) is 3. The first kappa shape index (κ1) is 20.7. The van der Waals surface area contributed by atoms with E-state index in [0.29, 0.717) is 37.4 Å². The molecular formula is C25H36O5. The Kier molecular flexibility index (Phi) is 4.59. The molecule has 30 heavy (non-hydrogen) atoms. The first-order valence-electron chi connectivity index (χ1n) is 11.8. The molecule has 3 saturated carbocycles. The second-order valence-corrected chi connectivity index (χ2v) is 11.0. The molecule has 0 aromatic rings. The Morgan fingerprint density at radius 1 is 1.00 bits per heavy atom. The minimum Gasteiger partial charge on any atom is -0.451 e. The van der Waals surface area contributed by atoms with Gasteiger partial charge in [0.05, 0.1) is 13.2 Å². The van der Waals surface area contributed by atoms with Gasteiger partial charge in [0.1, 0.15) is 0 Å². The van der Waals surface area contributed by atoms with Crippen molar-refractivity contribution in [3.05, 3.63) is 11.6 Å². The molecule has 0 N–H and O–H groups in total. The second-order valence-electron chi connectivity index (χ2n) is 11.0. The maximum absolute atomic E-state index is 12.8. The van der Waals surface area contributed by atoms with Crippen LogP contribution in [-0.2, 0) is 23.8 Å². The van der Waals surface area contributed by atoms with Crippen LogP contribution in [0, 0.1) is 28.6 Å². The molecule has 1 heterocycles. The number of carbonyl (C=O) groups excluding carboxylic acids is 2. The van der Waals surface area contributed by atoms with Crippen molar-refractivity contribution in [2.24, 2.45) is 28.6 Å². The lowest BCUT2D eigenvalue weighted by molar-refractivity contribution is -0.194. The van der Waals surface area contributed by atoms with Crippen LogP contribution in [0.2, 0.25) is 0 Å². The number of fused-ring (bicyclic) bond motifs is 5. The highest BCUT2D eigenvalue weighted by Gasteiger charge is 2.68. The number of carbonyl (C=O) groups is 2. The first-order chi connectivity index (χ1) is 14.2. The summed E-state index contributed by atoms with van der Waals surface area (Å²) in [7, 11) is 0. The standard InChI is InChI=1S/C25H36O5/c1-16(26)25(30-17(2)27)10-8-21-19-6-5-18-15-24(28-13-14-29-24)12-11-22(18,3)20(19)7-9-23(21,25)4/h5,19-21H,6-15H2,1-4H3/t19-,20+,21+,22+,23+,25+/m0/s1. The van der Waals surface area contributed by atoms with Crippen LogP contribution in [0.3, 0.4) is 0 Å². The number of hydrogen-bond acceptors (Lipinski definition) is 5. The maximum Gasteiger partial charge on any atom is 0.303 e. The van der Waals surface area contributed by atoms with E-state index in [9.17, 15) is 9.59 Å². The largest absolute Gasteiger partial charge is 0.451 e. The topological polar surface area (TPSA) is 61.8 Å². The van der Waals surface area contributed by atoms with Gasteiger partial charge in [0.2, 0.25) is 0 Å². The molecule has 0 aromatic carbocycles. The molecule has 5 heteroatoms. The summed E-state index contributed by atoms with van der Waals surface area (Å²) in [5, 5.41) is 0. The van der Waals surface area contributed by atoms with Crippen molar-refractivity contribution in [3.8, 4) is 0 Å². The van der Waals surface area contributed by atoms with E-state index in [-0.39, 0.29) is 28.4 Å². The average Bonchev–Trinajstić information content (AvgIpc) is 3.25. The van der Waals surface area contributed by atoms with Gasteiger partial charge in [0, 0.05) is 25.2 Å². The molecule has 0 amide bonds. The second kappa shape index (κ2) is 6.65. The third kappa shape index (κ3) is 2.60. The molecule has 0 bridgehead atoms. The van der Waals surface area contributed by atoms with Crippen LogP contribution in [0.1, 0.15) is 79.1 Å². The van der Waals surface area contributed by atoms with Crippen molar-refractivity contribution in [2.75, 3.05) is 13.2 Å². The molecule has 4 aliphatic carbocycles. The third-order valence-corrected chi connectivity index (χ3v) is 9.93. The summed E-state index contributed by atoms with van der Waals surface area (Å²) >= 11 is 0. The summed E-state index contributed by atoms with van der Waals surface area (Å²) in [5.74, 6) is 0.899. The highest BCUT2D eigenvalue weighted by atomic mass is 16.7. The third-order valence-electron chi connectivity index (χ3n) is 9.93. The van der Waals surface area contributed by atoms with Crippen molar-refractivity contribution >= 4 is 11.8 Å². The summed E-state index contributed by atoms with van der Waals surface area (Å²) in [6, 6.07) is 0. The zero-order valence-electron chi connectivity index (χ0n) is 18.9. The van der Waals surface area contributed by atoms with Gasteiger partial charge in [0.25, 0.3) is 0 Å². The van der Waals surface area contributed by atoms with Crippen molar-refractivity contribution in [1.82, 2.24) is 0 Å². The van der Waals surface area contributed by atoms with Gasteiger partial charge in [-0.1, -0.05) is 25.5 Å². The number of ketones is 1. The summed E-state index contributed by atoms with van der Waals surface area (Å²) < 4.78 is 17.9. The Morgan fingerprint density at radius 2 is 1.70 bits per heavy atom. The number of esters is 1. The monoisotopic (exact) mass is 416 g/mol. The number of Topliss-reactive ketones (excluding diaryl/α,β-unsaturated/α-hetero) is 1. The van der Waals surface area contributed by atoms with E-state index >= 15 is 0 Å². The van der Waals surface area contributed by atoms with Crippen molar-refractivity contribution in [2.45, 2.75) is 90.4 Å². The van der Waals surface area contributed by atoms with Crippen LogP contribution in [0.5, 0.6) is 0 Å². The Balaban J connectivity index is 1.46. The zero-order chi connectivity index (χ0) is 21.4. The van der Waals surface area contributed by atoms with Gasteiger partial charge in [-0.2, -0.15) is 0 Å². The van der Waals surface area contributed by atoms with Crippen LogP contribution < -0.4 is 0 Å². The number of rotatable bonds is 2. The van der Waals surface area contributed by atoms with Crippen LogP contribution >= 0.6 is 0 Å². The molecule has 0 unspecified atom stereocenters. The fourth-order valence-corrected chi connectivity index (χ4v) is 8.41. The molecule has 166 valence electrons. The van der Waals surface area contributed by atoms with Gasteiger partial charge in [-0.25, -0.2) is 0 Å². The molecule has 4 fully saturated rings. The smallest absolute Gasteiger partial charge is 0.303 e. The normalized spacial score (nSPS) is 46.5. The van der Waals surface area contributed by atoms with E-state index in [0.717, 1.165) is 44.9 Å². The van der Waals surface area contributed by atoms with Crippen molar-refractivity contribution in [1.29, 1.82) is 0 Å². The highest BCUT2D eigenvalue weighted by molar-refractivity contribution is 5.89. The number of hydrogen-bond donors (Lipinski definition) is 0. The van der Waals surface area contributed by atoms with Gasteiger partial charge in [-0.3, -0.25) is 9.59 Å². The quantitative estimate of drug-likeness (QED) is 0.487. The van der Waals surface area contributed by atoms with Gasteiger partial charge in [0.15, 0.2) is 17.2 Å². The molecule has 0 radical (unpaired) electrons. The van der Waals surface area contributed by atoms with Gasteiger partial charge < -0.3 is 14.2 Å². The molecule has 1 saturated heterocycles. The predicted octanol–water partition coefficient (Wildman–Crippen LogP) is 4.58. The van der Waals surface area contributed by atoms with E-state index < -0.39 is 5.60 Å². The molecule has 5 aliphatic rings. The minimum absolute atomic E-state index is 0.0227. The predicted molar refractivity (Wildman–Crippen MR) is 112 cm³/mol. The fourth-order valence-electron chi connectivity index (χ4n) is 8.41. The van der Waals surface area contributed by atoms with Gasteiger partial charge in [-0.15, -0.1) is 0 Å². The van der Waals surface area contributed by atoms with E-state index in [2.05, 4.69) is 19.9 Å². The molecule has 5 nitrogen and oxygen atoms in total. The van der Waals surface area contributed by atoms with E-state index in [1.165, 1.54) is 12.5 Å². The van der Waals surface area contributed by atoms with E-state index in [4.69, 9.17) is 14.2 Å². The van der Waals surface area contributed by atoms with Crippen molar-refractivity contribution in [3.63, 3.8) is 0 Å². The average molecular weight is 417 g/mol. The summed E-state index contributed by atoms with van der Waals surface area (Å²) in [5.41, 5.74) is 0.507. The minimum atomic E-state index is -0.943. The molecule has 6 atom stereocenters. The van der Waals surface area contributed by atoms with Crippen LogP contribution in [-0.4, -0.2) is 36.4 Å². The SMILES string of the molecule is CC(=O)O[C@@]1(C(C)=O)CC[C@@H]2[C@H]3CC=C4CC5(CC[C@@]4(C)[C@@H]3CC[C@]21C)OCCO5. The lowest BCUT2D eigenvalue weighted by Crippen LogP contribution is -2.58. The lowest BCUT2D eigenvalue weighted by atomic mass is 9.46. The maximum atomic E-state index is 12.8. The van der Waals surface area contributed by atoms with Crippen molar-refractivity contribution < 1.29 is 23.8 Å². The van der Waals surface area contributed by atoms with E-state index in [1.54, 1.807) is 6.92 Å². The Morgan fingerprint density at radius 3 is 2.37 bits per heavy atom. The van der Waals surface area contributed by atoms with Gasteiger partial charge >= 0.3 is 5.97 Å². The zero-order valence-corrected chi connectivity index (χ0v) is 18.9. The van der Waals surface area contributed by atoms with Crippen LogP contribution in [0.15, 0.2) is 11.6 Å². The Bertz CT molecular complexity index is 795. The molecular weight excluding hydrogens is 380 g/mol. The molecule has 1 spiro atoms. The Hall–Kier alpha value is -1.20. The summed E-state index contributed by atoms with van der Waals surface area (Å²) in [4.78, 5) is 24.8. The van der Waals surface area contributed by atoms with E-state index in [1.807, 2.05) is 0 Å². The van der Waals surface area contributed by atoms with Gasteiger partial charge in [-0.05, 0) is 68.6 Å². The summed E-state index contributed by atoms with van der Waals surface area (Å²) in [6.45, 7) is 9.15. The summed E-state index contributed by atoms with van der Waals surface area (Å²) in [6.07, 6.45) is 10.2. The highest BCUT2D eigenvalue weighted by Crippen LogP contribution is 2.68. The molecule has 0 aromatic heterocycles. The number of allylic oxidation sites excluding steroid dienone is 1. The Labute approximate surface area is 179 Å². The molecule has 1 aliphatic heterocycles. The van der Waals surface area contributed by atoms with Crippen LogP contribution in [0.4, 0.5) is 0 Å². The van der Waals surface area contributed by atoms with Crippen LogP contribution in [0.25, 0.3) is 0 Å². The molecule has 5 rings (SSSR count). The fraction of sp³-hybridized carbons (Fsp3) is 0.840. The lowest BCUT2D eigenvalue weighted by Gasteiger charge is -2.59.